The van der Waals surface area contributed by atoms with E-state index in [9.17, 15) is 0 Å². The number of aliphatic imine (C=N–C) groups is 1. The van der Waals surface area contributed by atoms with Crippen molar-refractivity contribution in [2.45, 2.75) is 40.5 Å². The summed E-state index contributed by atoms with van der Waals surface area (Å²) in [6.45, 7) is 10.4. The fraction of sp³-hybridized carbons (Fsp3) is 0.611. The van der Waals surface area contributed by atoms with Crippen molar-refractivity contribution in [3.8, 4) is 0 Å². The molecule has 0 unspecified atom stereocenters. The molecule has 0 amide bonds. The zero-order valence-corrected chi connectivity index (χ0v) is 15.0. The number of benzene rings is 1. The maximum absolute atomic E-state index is 6.12. The van der Waals surface area contributed by atoms with E-state index in [0.717, 1.165) is 25.1 Å². The van der Waals surface area contributed by atoms with Crippen LogP contribution in [-0.4, -0.2) is 38.0 Å². The van der Waals surface area contributed by atoms with Crippen LogP contribution in [0.4, 0.5) is 5.69 Å². The lowest BCUT2D eigenvalue weighted by Gasteiger charge is -2.26. The lowest BCUT2D eigenvalue weighted by molar-refractivity contribution is 0.249. The number of hydrogen-bond acceptors (Lipinski definition) is 2. The maximum atomic E-state index is 6.12. The van der Waals surface area contributed by atoms with E-state index in [4.69, 9.17) is 5.73 Å². The fourth-order valence-electron chi connectivity index (χ4n) is 2.78. The molecule has 124 valence electrons. The van der Waals surface area contributed by atoms with Crippen LogP contribution in [0.2, 0.25) is 0 Å². The predicted molar refractivity (Wildman–Crippen MR) is 97.6 cm³/mol. The zero-order valence-electron chi connectivity index (χ0n) is 15.0. The second kappa shape index (κ2) is 8.18. The van der Waals surface area contributed by atoms with Crippen molar-refractivity contribution in [2.75, 3.05) is 32.5 Å². The highest BCUT2D eigenvalue weighted by Gasteiger charge is 2.18. The van der Waals surface area contributed by atoms with Crippen LogP contribution in [0.25, 0.3) is 0 Å². The van der Waals surface area contributed by atoms with Crippen LogP contribution in [-0.2, 0) is 12.8 Å². The average molecular weight is 304 g/mol. The zero-order chi connectivity index (χ0) is 16.8. The minimum atomic E-state index is 0.105. The number of rotatable bonds is 7. The molecule has 0 radical (unpaired) electrons. The Hall–Kier alpha value is -1.55. The smallest absolute Gasteiger partial charge is 0.193 e. The van der Waals surface area contributed by atoms with E-state index in [1.165, 1.54) is 11.1 Å². The predicted octanol–water partition coefficient (Wildman–Crippen LogP) is 3.13. The van der Waals surface area contributed by atoms with Gasteiger partial charge >= 0.3 is 0 Å². The Morgan fingerprint density at radius 3 is 2.18 bits per heavy atom. The molecule has 0 heterocycles. The Labute approximate surface area is 135 Å². The van der Waals surface area contributed by atoms with Gasteiger partial charge in [0.25, 0.3) is 0 Å². The van der Waals surface area contributed by atoms with Gasteiger partial charge in [0.2, 0.25) is 0 Å². The van der Waals surface area contributed by atoms with Gasteiger partial charge in [0.05, 0.1) is 0 Å². The van der Waals surface area contributed by atoms with Gasteiger partial charge in [0, 0.05) is 18.8 Å². The molecule has 0 atom stereocenters. The Morgan fingerprint density at radius 2 is 1.73 bits per heavy atom. The van der Waals surface area contributed by atoms with Crippen LogP contribution in [0, 0.1) is 5.41 Å². The van der Waals surface area contributed by atoms with E-state index in [0.29, 0.717) is 12.5 Å². The molecule has 0 aliphatic heterocycles. The quantitative estimate of drug-likeness (QED) is 0.601. The van der Waals surface area contributed by atoms with Gasteiger partial charge in [0.1, 0.15) is 0 Å². The van der Waals surface area contributed by atoms with Gasteiger partial charge in [-0.1, -0.05) is 45.9 Å². The molecule has 0 aromatic heterocycles. The highest BCUT2D eigenvalue weighted by molar-refractivity contribution is 5.93. The minimum absolute atomic E-state index is 0.105. The maximum Gasteiger partial charge on any atom is 0.193 e. The molecule has 0 aliphatic rings. The molecule has 0 saturated carbocycles. The number of anilines is 1. The topological polar surface area (TPSA) is 53.6 Å². The summed E-state index contributed by atoms with van der Waals surface area (Å²) in [4.78, 5) is 6.73. The van der Waals surface area contributed by atoms with Crippen molar-refractivity contribution in [3.05, 3.63) is 29.3 Å². The largest absolute Gasteiger partial charge is 0.370 e. The van der Waals surface area contributed by atoms with E-state index >= 15 is 0 Å². The first kappa shape index (κ1) is 18.5. The molecule has 1 aromatic carbocycles. The summed E-state index contributed by atoms with van der Waals surface area (Å²) in [5.74, 6) is 0.502. The monoisotopic (exact) mass is 304 g/mol. The highest BCUT2D eigenvalue weighted by Crippen LogP contribution is 2.22. The summed E-state index contributed by atoms with van der Waals surface area (Å²) < 4.78 is 0. The molecule has 4 heteroatoms. The number of nitrogens with two attached hydrogens (primary N) is 1. The van der Waals surface area contributed by atoms with Crippen molar-refractivity contribution in [2.24, 2.45) is 16.1 Å². The first-order valence-corrected chi connectivity index (χ1v) is 8.11. The molecule has 3 N–H and O–H groups in total. The van der Waals surface area contributed by atoms with Crippen LogP contribution in [0.5, 0.6) is 0 Å². The number of hydrogen-bond donors (Lipinski definition) is 2. The Morgan fingerprint density at radius 1 is 1.18 bits per heavy atom. The van der Waals surface area contributed by atoms with Crippen LogP contribution in [0.3, 0.4) is 0 Å². The molecule has 1 rings (SSSR count). The Kier molecular flexibility index (Phi) is 6.88. The molecule has 0 spiro atoms. The van der Waals surface area contributed by atoms with E-state index in [1.54, 1.807) is 0 Å². The standard InChI is InChI=1S/C18H32N4/c1-7-14-10-9-11-15(8-2)16(14)21-17(19)20-12-18(3,4)13-22(5)6/h9-11H,7-8,12-13H2,1-6H3,(H3,19,20,21). The number of para-hydroxylation sites is 1. The average Bonchev–Trinajstić information content (AvgIpc) is 2.44. The third-order valence-corrected chi connectivity index (χ3v) is 3.67. The summed E-state index contributed by atoms with van der Waals surface area (Å²) in [7, 11) is 4.16. The molecule has 1 aromatic rings. The number of aryl methyl sites for hydroxylation is 2. The number of nitrogens with one attached hydrogen (secondary N) is 1. The molecule has 4 nitrogen and oxygen atoms in total. The second-order valence-corrected chi connectivity index (χ2v) is 6.89. The van der Waals surface area contributed by atoms with Crippen LogP contribution in [0.15, 0.2) is 23.2 Å². The summed E-state index contributed by atoms with van der Waals surface area (Å²) in [6, 6.07) is 6.39. The van der Waals surface area contributed by atoms with Gasteiger partial charge in [-0.2, -0.15) is 0 Å². The van der Waals surface area contributed by atoms with Crippen LogP contribution >= 0.6 is 0 Å². The van der Waals surface area contributed by atoms with Crippen molar-refractivity contribution in [3.63, 3.8) is 0 Å². The molecular formula is C18H32N4. The molecule has 0 saturated heterocycles. The van der Waals surface area contributed by atoms with E-state index < -0.39 is 0 Å². The van der Waals surface area contributed by atoms with E-state index in [-0.39, 0.29) is 5.41 Å². The highest BCUT2D eigenvalue weighted by atomic mass is 15.1. The molecule has 0 aliphatic carbocycles. The molecule has 0 bridgehead atoms. The van der Waals surface area contributed by atoms with Crippen molar-refractivity contribution < 1.29 is 0 Å². The Bertz CT molecular complexity index is 482. The van der Waals surface area contributed by atoms with Gasteiger partial charge in [-0.25, -0.2) is 0 Å². The molecule has 0 fully saturated rings. The molecular weight excluding hydrogens is 272 g/mol. The Balaban J connectivity index is 2.84. The van der Waals surface area contributed by atoms with E-state index in [2.05, 4.69) is 75.2 Å². The van der Waals surface area contributed by atoms with Crippen LogP contribution < -0.4 is 11.1 Å². The van der Waals surface area contributed by atoms with Crippen molar-refractivity contribution in [1.82, 2.24) is 4.90 Å². The summed E-state index contributed by atoms with van der Waals surface area (Å²) >= 11 is 0. The summed E-state index contributed by atoms with van der Waals surface area (Å²) in [5.41, 5.74) is 9.91. The van der Waals surface area contributed by atoms with E-state index in [1.807, 2.05) is 0 Å². The van der Waals surface area contributed by atoms with Gasteiger partial charge in [-0.15, -0.1) is 0 Å². The first-order valence-electron chi connectivity index (χ1n) is 8.11. The SMILES string of the molecule is CCc1cccc(CC)c1NC(N)=NCC(C)(C)CN(C)C. The van der Waals surface area contributed by atoms with Crippen molar-refractivity contribution in [1.29, 1.82) is 0 Å². The van der Waals surface area contributed by atoms with Gasteiger partial charge < -0.3 is 16.0 Å². The van der Waals surface area contributed by atoms with Crippen LogP contribution in [0.1, 0.15) is 38.8 Å². The van der Waals surface area contributed by atoms with Gasteiger partial charge in [0.15, 0.2) is 5.96 Å². The lowest BCUT2D eigenvalue weighted by Crippen LogP contribution is -2.33. The lowest BCUT2D eigenvalue weighted by atomic mass is 9.93. The summed E-state index contributed by atoms with van der Waals surface area (Å²) in [6.07, 6.45) is 1.96. The van der Waals surface area contributed by atoms with Gasteiger partial charge in [-0.3, -0.25) is 4.99 Å². The molecule has 22 heavy (non-hydrogen) atoms. The van der Waals surface area contributed by atoms with Gasteiger partial charge in [-0.05, 0) is 43.5 Å². The first-order chi connectivity index (χ1) is 10.3. The second-order valence-electron chi connectivity index (χ2n) is 6.89. The van der Waals surface area contributed by atoms with Crippen molar-refractivity contribution >= 4 is 11.6 Å². The third kappa shape index (κ3) is 5.68. The number of guanidine groups is 1. The third-order valence-electron chi connectivity index (χ3n) is 3.67. The summed E-state index contributed by atoms with van der Waals surface area (Å²) in [5, 5.41) is 3.32. The fourth-order valence-corrected chi connectivity index (χ4v) is 2.78. The minimum Gasteiger partial charge on any atom is -0.370 e. The normalized spacial score (nSPS) is 12.8. The number of nitrogens with zero attached hydrogens (tertiary/aromatic N) is 2.